The Morgan fingerprint density at radius 3 is 2.48 bits per heavy atom. The highest BCUT2D eigenvalue weighted by Crippen LogP contribution is 2.57. The van der Waals surface area contributed by atoms with Gasteiger partial charge in [0, 0.05) is 23.3 Å². The number of anilines is 1. The lowest BCUT2D eigenvalue weighted by atomic mass is 9.53. The van der Waals surface area contributed by atoms with Gasteiger partial charge in [0.25, 0.3) is 5.91 Å². The summed E-state index contributed by atoms with van der Waals surface area (Å²) in [5.41, 5.74) is 7.95. The van der Waals surface area contributed by atoms with E-state index >= 15 is 0 Å². The maximum Gasteiger partial charge on any atom is 0.252 e. The molecule has 5 heteroatoms. The second-order valence-corrected chi connectivity index (χ2v) is 7.97. The molecule has 4 aliphatic carbocycles. The van der Waals surface area contributed by atoms with Crippen molar-refractivity contribution >= 4 is 22.6 Å². The van der Waals surface area contributed by atoms with Gasteiger partial charge in [-0.1, -0.05) is 0 Å². The molecule has 6 rings (SSSR count). The number of primary amides is 1. The zero-order valence-corrected chi connectivity index (χ0v) is 13.1. The van der Waals surface area contributed by atoms with Crippen LogP contribution in [0.3, 0.4) is 0 Å². The van der Waals surface area contributed by atoms with Crippen LogP contribution in [-0.4, -0.2) is 21.4 Å². The smallest absolute Gasteiger partial charge is 0.252 e. The Balaban J connectivity index is 1.60. The molecule has 0 aromatic carbocycles. The number of aromatic nitrogens is 2. The van der Waals surface area contributed by atoms with E-state index in [1.807, 2.05) is 12.3 Å². The fourth-order valence-corrected chi connectivity index (χ4v) is 5.86. The minimum Gasteiger partial charge on any atom is -0.378 e. The van der Waals surface area contributed by atoms with Crippen LogP contribution in [-0.2, 0) is 0 Å². The number of hydrogen-bond acceptors (Lipinski definition) is 3. The zero-order valence-electron chi connectivity index (χ0n) is 13.1. The number of hydrogen-bond donors (Lipinski definition) is 3. The molecule has 2 heterocycles. The van der Waals surface area contributed by atoms with E-state index in [9.17, 15) is 4.79 Å². The van der Waals surface area contributed by atoms with Gasteiger partial charge in [0.1, 0.15) is 5.65 Å². The zero-order chi connectivity index (χ0) is 15.6. The molecule has 2 aromatic rings. The summed E-state index contributed by atoms with van der Waals surface area (Å²) < 4.78 is 0. The summed E-state index contributed by atoms with van der Waals surface area (Å²) in [6.07, 6.45) is 11.4. The molecule has 4 fully saturated rings. The van der Waals surface area contributed by atoms with Crippen LogP contribution < -0.4 is 11.1 Å². The third kappa shape index (κ3) is 1.98. The summed E-state index contributed by atoms with van der Waals surface area (Å²) in [6, 6.07) is 1.98. The van der Waals surface area contributed by atoms with Crippen molar-refractivity contribution in [3.63, 3.8) is 0 Å². The summed E-state index contributed by atoms with van der Waals surface area (Å²) in [6.45, 7) is 0. The molecule has 5 nitrogen and oxygen atoms in total. The summed E-state index contributed by atoms with van der Waals surface area (Å²) in [4.78, 5) is 19.4. The third-order valence-corrected chi connectivity index (χ3v) is 6.28. The quantitative estimate of drug-likeness (QED) is 0.814. The molecule has 4 aliphatic rings. The van der Waals surface area contributed by atoms with Crippen LogP contribution in [0, 0.1) is 17.8 Å². The van der Waals surface area contributed by atoms with Gasteiger partial charge in [0.05, 0.1) is 11.3 Å². The van der Waals surface area contributed by atoms with Crippen LogP contribution in [0.2, 0.25) is 0 Å². The maximum absolute atomic E-state index is 11.9. The predicted octanol–water partition coefficient (Wildman–Crippen LogP) is 3.04. The maximum atomic E-state index is 11.9. The van der Waals surface area contributed by atoms with Gasteiger partial charge in [-0.3, -0.25) is 4.79 Å². The molecule has 4 N–H and O–H groups in total. The monoisotopic (exact) mass is 310 g/mol. The summed E-state index contributed by atoms with van der Waals surface area (Å²) in [7, 11) is 0. The largest absolute Gasteiger partial charge is 0.378 e. The van der Waals surface area contributed by atoms with Crippen LogP contribution in [0.4, 0.5) is 5.69 Å². The van der Waals surface area contributed by atoms with Crippen molar-refractivity contribution in [3.8, 4) is 0 Å². The van der Waals surface area contributed by atoms with Gasteiger partial charge in [-0.2, -0.15) is 0 Å². The Kier molecular flexibility index (Phi) is 2.62. The van der Waals surface area contributed by atoms with Crippen molar-refractivity contribution < 1.29 is 4.79 Å². The second kappa shape index (κ2) is 4.49. The van der Waals surface area contributed by atoms with Gasteiger partial charge in [0.2, 0.25) is 0 Å². The number of H-pyrrole nitrogens is 1. The van der Waals surface area contributed by atoms with Gasteiger partial charge in [-0.25, -0.2) is 4.98 Å². The number of amides is 1. The first-order valence-corrected chi connectivity index (χ1v) is 8.66. The minimum absolute atomic E-state index is 0.143. The summed E-state index contributed by atoms with van der Waals surface area (Å²) in [5, 5.41) is 4.77. The van der Waals surface area contributed by atoms with Crippen molar-refractivity contribution in [2.45, 2.75) is 44.1 Å². The van der Waals surface area contributed by atoms with E-state index < -0.39 is 5.91 Å². The fourth-order valence-electron chi connectivity index (χ4n) is 5.86. The fraction of sp³-hybridized carbons (Fsp3) is 0.556. The van der Waals surface area contributed by atoms with Crippen molar-refractivity contribution in [2.24, 2.45) is 23.5 Å². The number of nitrogens with one attached hydrogen (secondary N) is 2. The summed E-state index contributed by atoms with van der Waals surface area (Å²) in [5.74, 6) is 2.16. The number of carbonyl (C=O) groups is 1. The van der Waals surface area contributed by atoms with Crippen molar-refractivity contribution in [1.29, 1.82) is 0 Å². The molecular formula is C18H22N4O. The molecule has 0 atom stereocenters. The van der Waals surface area contributed by atoms with E-state index in [0.717, 1.165) is 34.5 Å². The van der Waals surface area contributed by atoms with Crippen molar-refractivity contribution in [1.82, 2.24) is 9.97 Å². The van der Waals surface area contributed by atoms with Crippen LogP contribution in [0.15, 0.2) is 18.5 Å². The number of rotatable bonds is 3. The molecule has 4 saturated carbocycles. The molecule has 2 aromatic heterocycles. The van der Waals surface area contributed by atoms with Gasteiger partial charge in [-0.05, 0) is 62.3 Å². The SMILES string of the molecule is NC(=O)c1cnc2[nH]ccc2c1NC12CC3CC(CC(C3)C1)C2. The third-order valence-electron chi connectivity index (χ3n) is 6.28. The molecule has 0 unspecified atom stereocenters. The highest BCUT2D eigenvalue weighted by Gasteiger charge is 2.51. The molecule has 120 valence electrons. The van der Waals surface area contributed by atoms with Crippen molar-refractivity contribution in [2.75, 3.05) is 5.32 Å². The van der Waals surface area contributed by atoms with E-state index in [-0.39, 0.29) is 5.54 Å². The highest BCUT2D eigenvalue weighted by atomic mass is 16.1. The molecule has 1 amide bonds. The molecule has 0 saturated heterocycles. The average Bonchev–Trinajstić information content (AvgIpc) is 2.94. The Hall–Kier alpha value is -2.04. The predicted molar refractivity (Wildman–Crippen MR) is 89.1 cm³/mol. The van der Waals surface area contributed by atoms with E-state index in [4.69, 9.17) is 5.73 Å². The van der Waals surface area contributed by atoms with E-state index in [1.165, 1.54) is 38.5 Å². The van der Waals surface area contributed by atoms with E-state index in [1.54, 1.807) is 6.20 Å². The number of nitrogens with zero attached hydrogens (tertiary/aromatic N) is 1. The minimum atomic E-state index is -0.409. The Labute approximate surface area is 135 Å². The average molecular weight is 310 g/mol. The molecule has 0 radical (unpaired) electrons. The van der Waals surface area contributed by atoms with Gasteiger partial charge >= 0.3 is 0 Å². The molecule has 4 bridgehead atoms. The number of carbonyl (C=O) groups excluding carboxylic acids is 1. The van der Waals surface area contributed by atoms with Crippen LogP contribution in [0.1, 0.15) is 48.9 Å². The van der Waals surface area contributed by atoms with E-state index in [2.05, 4.69) is 15.3 Å². The lowest BCUT2D eigenvalue weighted by Gasteiger charge is -2.57. The lowest BCUT2D eigenvalue weighted by molar-refractivity contribution is 0.0107. The molecule has 0 aliphatic heterocycles. The van der Waals surface area contributed by atoms with Gasteiger partial charge < -0.3 is 16.0 Å². The van der Waals surface area contributed by atoms with E-state index in [0.29, 0.717) is 5.56 Å². The van der Waals surface area contributed by atoms with Gasteiger partial charge in [-0.15, -0.1) is 0 Å². The first kappa shape index (κ1) is 13.4. The van der Waals surface area contributed by atoms with Gasteiger partial charge in [0.15, 0.2) is 0 Å². The number of nitrogens with two attached hydrogens (primary N) is 1. The number of pyridine rings is 1. The topological polar surface area (TPSA) is 83.8 Å². The number of fused-ring (bicyclic) bond motifs is 1. The standard InChI is InChI=1S/C18H22N4O/c19-16(23)14-9-21-17-13(1-2-20-17)15(14)22-18-6-10-3-11(7-18)5-12(4-10)8-18/h1-2,9-12H,3-8H2,(H2,19,23)(H2,20,21,22). The number of aromatic amines is 1. The second-order valence-electron chi connectivity index (χ2n) is 7.97. The van der Waals surface area contributed by atoms with Crippen LogP contribution in [0.25, 0.3) is 11.0 Å². The Bertz CT molecular complexity index is 758. The van der Waals surface area contributed by atoms with Crippen LogP contribution in [0.5, 0.6) is 0 Å². The first-order chi connectivity index (χ1) is 11.1. The molecular weight excluding hydrogens is 288 g/mol. The van der Waals surface area contributed by atoms with Crippen LogP contribution >= 0.6 is 0 Å². The lowest BCUT2D eigenvalue weighted by Crippen LogP contribution is -2.55. The Morgan fingerprint density at radius 2 is 1.87 bits per heavy atom. The van der Waals surface area contributed by atoms with Crippen molar-refractivity contribution in [3.05, 3.63) is 24.0 Å². The molecule has 0 spiro atoms. The highest BCUT2D eigenvalue weighted by molar-refractivity contribution is 6.06. The first-order valence-electron chi connectivity index (χ1n) is 8.66. The normalized spacial score (nSPS) is 34.9. The molecule has 23 heavy (non-hydrogen) atoms. The Morgan fingerprint density at radius 1 is 1.22 bits per heavy atom. The summed E-state index contributed by atoms with van der Waals surface area (Å²) >= 11 is 0.